The predicted octanol–water partition coefficient (Wildman–Crippen LogP) is 2.44. The Labute approximate surface area is 96.7 Å². The lowest BCUT2D eigenvalue weighted by Gasteiger charge is -2.19. The van der Waals surface area contributed by atoms with Gasteiger partial charge in [-0.25, -0.2) is 0 Å². The molecule has 0 bridgehead atoms. The van der Waals surface area contributed by atoms with Gasteiger partial charge in [-0.3, -0.25) is 9.59 Å². The van der Waals surface area contributed by atoms with Crippen molar-refractivity contribution in [3.05, 3.63) is 35.6 Å². The second kappa shape index (κ2) is 3.38. The summed E-state index contributed by atoms with van der Waals surface area (Å²) in [5.74, 6) is 0.260. The quantitative estimate of drug-likeness (QED) is 0.651. The first-order valence-corrected chi connectivity index (χ1v) is 9.01. The molecule has 0 aliphatic heterocycles. The van der Waals surface area contributed by atoms with E-state index in [2.05, 4.69) is 25.7 Å². The van der Waals surface area contributed by atoms with Crippen LogP contribution in [-0.4, -0.2) is 19.6 Å². The summed E-state index contributed by atoms with van der Waals surface area (Å²) < 4.78 is 0. The number of ketones is 2. The van der Waals surface area contributed by atoms with Crippen LogP contribution in [0.15, 0.2) is 35.6 Å². The fraction of sp³-hybridized carbons (Fsp3) is 0.385. The Kier molecular flexibility index (Phi) is 2.38. The molecule has 3 heteroatoms. The molecular weight excluding hydrogens is 216 g/mol. The molecule has 2 rings (SSSR count). The first kappa shape index (κ1) is 11.3. The monoisotopic (exact) mass is 232 g/mol. The molecule has 84 valence electrons. The maximum Gasteiger partial charge on any atom is 0.178 e. The van der Waals surface area contributed by atoms with Crippen LogP contribution in [-0.2, 0) is 9.59 Å². The van der Waals surface area contributed by atoms with Crippen molar-refractivity contribution in [1.29, 1.82) is 0 Å². The molecule has 0 radical (unpaired) electrons. The number of rotatable bonds is 1. The molecule has 0 N–H and O–H groups in total. The van der Waals surface area contributed by atoms with Crippen LogP contribution in [0.25, 0.3) is 0 Å². The standard InChI is InChI=1S/C13H16O2Si/c1-16(2,3)12-9-13(8-11(12)15)6-4-10(14)5-7-13/h4-7,9H,8H2,1-3H3. The van der Waals surface area contributed by atoms with Crippen molar-refractivity contribution in [1.82, 2.24) is 0 Å². The van der Waals surface area contributed by atoms with E-state index in [1.54, 1.807) is 12.2 Å². The Morgan fingerprint density at radius 1 is 1.12 bits per heavy atom. The van der Waals surface area contributed by atoms with E-state index in [0.29, 0.717) is 6.42 Å². The number of hydrogen-bond donors (Lipinski definition) is 0. The van der Waals surface area contributed by atoms with Crippen LogP contribution < -0.4 is 0 Å². The van der Waals surface area contributed by atoms with Gasteiger partial charge in [-0.15, -0.1) is 0 Å². The molecule has 0 unspecified atom stereocenters. The van der Waals surface area contributed by atoms with E-state index in [1.807, 2.05) is 12.2 Å². The summed E-state index contributed by atoms with van der Waals surface area (Å²) in [5.41, 5.74) is -0.305. The van der Waals surface area contributed by atoms with Crippen molar-refractivity contribution in [3.8, 4) is 0 Å². The average molecular weight is 232 g/mol. The Morgan fingerprint density at radius 3 is 2.12 bits per heavy atom. The van der Waals surface area contributed by atoms with Gasteiger partial charge in [-0.2, -0.15) is 0 Å². The van der Waals surface area contributed by atoms with E-state index in [9.17, 15) is 9.59 Å². The van der Waals surface area contributed by atoms with Crippen LogP contribution in [0, 0.1) is 5.41 Å². The van der Waals surface area contributed by atoms with E-state index in [0.717, 1.165) is 5.20 Å². The third-order valence-corrected chi connectivity index (χ3v) is 5.14. The molecule has 0 heterocycles. The number of hydrogen-bond acceptors (Lipinski definition) is 2. The summed E-state index contributed by atoms with van der Waals surface area (Å²) >= 11 is 0. The smallest absolute Gasteiger partial charge is 0.178 e. The lowest BCUT2D eigenvalue weighted by atomic mass is 9.83. The lowest BCUT2D eigenvalue weighted by Crippen LogP contribution is -2.27. The van der Waals surface area contributed by atoms with Crippen LogP contribution in [0.2, 0.25) is 19.6 Å². The van der Waals surface area contributed by atoms with E-state index in [-0.39, 0.29) is 17.0 Å². The molecule has 0 saturated heterocycles. The largest absolute Gasteiger partial charge is 0.295 e. The number of carbonyl (C=O) groups excluding carboxylic acids is 2. The molecule has 0 atom stereocenters. The second-order valence-corrected chi connectivity index (χ2v) is 10.6. The van der Waals surface area contributed by atoms with Crippen molar-refractivity contribution >= 4 is 19.6 Å². The van der Waals surface area contributed by atoms with E-state index in [1.165, 1.54) is 0 Å². The van der Waals surface area contributed by atoms with Gasteiger partial charge < -0.3 is 0 Å². The van der Waals surface area contributed by atoms with Crippen LogP contribution in [0.3, 0.4) is 0 Å². The minimum atomic E-state index is -1.56. The maximum absolute atomic E-state index is 12.0. The molecule has 2 aliphatic rings. The van der Waals surface area contributed by atoms with Gasteiger partial charge in [0, 0.05) is 11.8 Å². The fourth-order valence-corrected chi connectivity index (χ4v) is 3.83. The number of carbonyl (C=O) groups is 2. The fourth-order valence-electron chi connectivity index (χ4n) is 2.21. The van der Waals surface area contributed by atoms with Crippen LogP contribution in [0.4, 0.5) is 0 Å². The third-order valence-electron chi connectivity index (χ3n) is 3.10. The molecule has 16 heavy (non-hydrogen) atoms. The first-order valence-electron chi connectivity index (χ1n) is 5.51. The molecular formula is C13H16O2Si. The van der Waals surface area contributed by atoms with Crippen molar-refractivity contribution < 1.29 is 9.59 Å². The van der Waals surface area contributed by atoms with Gasteiger partial charge in [-0.1, -0.05) is 37.9 Å². The van der Waals surface area contributed by atoms with E-state index >= 15 is 0 Å². The Bertz CT molecular complexity index is 431. The molecule has 0 aromatic carbocycles. The zero-order valence-electron chi connectivity index (χ0n) is 9.91. The molecule has 1 spiro atoms. The van der Waals surface area contributed by atoms with Crippen LogP contribution in [0.5, 0.6) is 0 Å². The minimum absolute atomic E-state index is 0.00734. The molecule has 0 aromatic heterocycles. The van der Waals surface area contributed by atoms with Crippen molar-refractivity contribution in [2.75, 3.05) is 0 Å². The highest BCUT2D eigenvalue weighted by molar-refractivity contribution is 6.87. The van der Waals surface area contributed by atoms with Gasteiger partial charge in [0.05, 0.1) is 8.07 Å². The summed E-state index contributed by atoms with van der Waals surface area (Å²) in [7, 11) is -1.56. The average Bonchev–Trinajstić information content (AvgIpc) is 2.49. The topological polar surface area (TPSA) is 34.1 Å². The summed E-state index contributed by atoms with van der Waals surface area (Å²) in [6.45, 7) is 6.53. The van der Waals surface area contributed by atoms with Gasteiger partial charge >= 0.3 is 0 Å². The molecule has 0 saturated carbocycles. The number of allylic oxidation sites excluding steroid dienone is 6. The Morgan fingerprint density at radius 2 is 1.69 bits per heavy atom. The highest BCUT2D eigenvalue weighted by Crippen LogP contribution is 2.40. The van der Waals surface area contributed by atoms with Crippen molar-refractivity contribution in [2.45, 2.75) is 26.1 Å². The Balaban J connectivity index is 2.39. The van der Waals surface area contributed by atoms with Gasteiger partial charge in [0.25, 0.3) is 0 Å². The summed E-state index contributed by atoms with van der Waals surface area (Å²) in [6.07, 6.45) is 9.42. The molecule has 2 aliphatic carbocycles. The van der Waals surface area contributed by atoms with Gasteiger partial charge in [-0.05, 0) is 17.3 Å². The molecule has 0 amide bonds. The van der Waals surface area contributed by atoms with Gasteiger partial charge in [0.2, 0.25) is 0 Å². The molecule has 0 aromatic rings. The van der Waals surface area contributed by atoms with Crippen LogP contribution >= 0.6 is 0 Å². The first-order chi connectivity index (χ1) is 7.32. The maximum atomic E-state index is 12.0. The normalized spacial score (nSPS) is 23.1. The molecule has 2 nitrogen and oxygen atoms in total. The zero-order chi connectivity index (χ0) is 12.0. The lowest BCUT2D eigenvalue weighted by molar-refractivity contribution is -0.115. The second-order valence-electron chi connectivity index (χ2n) is 5.59. The predicted molar refractivity (Wildman–Crippen MR) is 66.8 cm³/mol. The Hall–Kier alpha value is -1.22. The van der Waals surface area contributed by atoms with Gasteiger partial charge in [0.1, 0.15) is 0 Å². The van der Waals surface area contributed by atoms with Crippen molar-refractivity contribution in [2.24, 2.45) is 5.41 Å². The zero-order valence-corrected chi connectivity index (χ0v) is 10.9. The third kappa shape index (κ3) is 1.87. The SMILES string of the molecule is C[Si](C)(C)C1=CC2(C=CC(=O)C=C2)CC1=O. The molecule has 0 fully saturated rings. The minimum Gasteiger partial charge on any atom is -0.295 e. The summed E-state index contributed by atoms with van der Waals surface area (Å²) in [4.78, 5) is 23.1. The summed E-state index contributed by atoms with van der Waals surface area (Å²) in [6, 6.07) is 0. The van der Waals surface area contributed by atoms with Gasteiger partial charge in [0.15, 0.2) is 11.6 Å². The van der Waals surface area contributed by atoms with E-state index in [4.69, 9.17) is 0 Å². The highest BCUT2D eigenvalue weighted by atomic mass is 28.3. The summed E-state index contributed by atoms with van der Waals surface area (Å²) in [5, 5.41) is 1.01. The van der Waals surface area contributed by atoms with E-state index < -0.39 is 8.07 Å². The highest BCUT2D eigenvalue weighted by Gasteiger charge is 2.39. The van der Waals surface area contributed by atoms with Crippen molar-refractivity contribution in [3.63, 3.8) is 0 Å². The number of Topliss-reactive ketones (excluding diaryl/α,β-unsaturated/α-hetero) is 1. The van der Waals surface area contributed by atoms with Crippen LogP contribution in [0.1, 0.15) is 6.42 Å².